The number of hydrogen-bond donors (Lipinski definition) is 0. The van der Waals surface area contributed by atoms with E-state index >= 15 is 0 Å². The number of carbonyl (C=O) groups is 2. The van der Waals surface area contributed by atoms with Crippen LogP contribution in [-0.4, -0.2) is 72.7 Å². The quantitative estimate of drug-likeness (QED) is 0.716. The molecule has 0 spiro atoms. The Morgan fingerprint density at radius 2 is 1.36 bits per heavy atom. The molecule has 4 heterocycles. The number of para-hydroxylation sites is 1. The summed E-state index contributed by atoms with van der Waals surface area (Å²) in [5.74, 6) is 1.68. The van der Waals surface area contributed by atoms with E-state index in [9.17, 15) is 9.59 Å². The molecular formula is C25H32N6O2. The van der Waals surface area contributed by atoms with Gasteiger partial charge in [-0.2, -0.15) is 0 Å². The standard InChI is InChI=1S/C25H32N6O2/c32-24-18-20(19-31(24)21-8-4-3-5-9-21)25(33)30-16-14-29(15-17-30)23-11-10-22(26-27-23)28-12-6-1-2-7-13-28/h3-5,8-11,20H,1-2,6-7,12-19H2. The summed E-state index contributed by atoms with van der Waals surface area (Å²) in [6.45, 7) is 5.32. The van der Waals surface area contributed by atoms with Crippen molar-refractivity contribution in [3.8, 4) is 0 Å². The third kappa shape index (κ3) is 4.79. The highest BCUT2D eigenvalue weighted by Crippen LogP contribution is 2.27. The van der Waals surface area contributed by atoms with Crippen LogP contribution in [0.3, 0.4) is 0 Å². The van der Waals surface area contributed by atoms with Crippen LogP contribution in [0.4, 0.5) is 17.3 Å². The van der Waals surface area contributed by atoms with E-state index in [4.69, 9.17) is 0 Å². The summed E-state index contributed by atoms with van der Waals surface area (Å²) >= 11 is 0. The summed E-state index contributed by atoms with van der Waals surface area (Å²) in [5, 5.41) is 8.98. The van der Waals surface area contributed by atoms with Crippen LogP contribution in [0, 0.1) is 5.92 Å². The molecule has 1 atom stereocenters. The Morgan fingerprint density at radius 3 is 1.97 bits per heavy atom. The lowest BCUT2D eigenvalue weighted by Crippen LogP contribution is -2.51. The third-order valence-electron chi connectivity index (χ3n) is 7.02. The number of aromatic nitrogens is 2. The van der Waals surface area contributed by atoms with Gasteiger partial charge in [0.2, 0.25) is 11.8 Å². The fourth-order valence-electron chi connectivity index (χ4n) is 5.10. The molecule has 0 N–H and O–H groups in total. The topological polar surface area (TPSA) is 72.9 Å². The largest absolute Gasteiger partial charge is 0.355 e. The Labute approximate surface area is 195 Å². The van der Waals surface area contributed by atoms with Crippen LogP contribution in [0.15, 0.2) is 42.5 Å². The Balaban J connectivity index is 1.15. The summed E-state index contributed by atoms with van der Waals surface area (Å²) in [6.07, 6.45) is 5.32. The normalized spacial score (nSPS) is 21.9. The van der Waals surface area contributed by atoms with E-state index in [-0.39, 0.29) is 24.2 Å². The van der Waals surface area contributed by atoms with Gasteiger partial charge in [-0.25, -0.2) is 0 Å². The summed E-state index contributed by atoms with van der Waals surface area (Å²) in [4.78, 5) is 33.8. The molecule has 0 bridgehead atoms. The van der Waals surface area contributed by atoms with Gasteiger partial charge in [0.15, 0.2) is 11.6 Å². The SMILES string of the molecule is O=C(C1CC(=O)N(c2ccccc2)C1)N1CCN(c2ccc(N3CCCCCC3)nn2)CC1. The van der Waals surface area contributed by atoms with Gasteiger partial charge in [0.1, 0.15) is 0 Å². The molecule has 0 radical (unpaired) electrons. The van der Waals surface area contributed by atoms with Crippen LogP contribution < -0.4 is 14.7 Å². The lowest BCUT2D eigenvalue weighted by atomic mass is 10.1. The number of amides is 2. The number of nitrogens with zero attached hydrogens (tertiary/aromatic N) is 6. The van der Waals surface area contributed by atoms with Crippen LogP contribution in [-0.2, 0) is 9.59 Å². The van der Waals surface area contributed by atoms with Gasteiger partial charge in [-0.05, 0) is 37.1 Å². The third-order valence-corrected chi connectivity index (χ3v) is 7.02. The Bertz CT molecular complexity index is 951. The molecule has 1 aromatic heterocycles. The van der Waals surface area contributed by atoms with Crippen molar-refractivity contribution in [2.24, 2.45) is 5.92 Å². The summed E-state index contributed by atoms with van der Waals surface area (Å²) in [5.41, 5.74) is 0.866. The van der Waals surface area contributed by atoms with Gasteiger partial charge in [-0.15, -0.1) is 10.2 Å². The van der Waals surface area contributed by atoms with Gasteiger partial charge in [-0.3, -0.25) is 9.59 Å². The van der Waals surface area contributed by atoms with Crippen molar-refractivity contribution < 1.29 is 9.59 Å². The maximum atomic E-state index is 13.1. The van der Waals surface area contributed by atoms with Crippen molar-refractivity contribution in [2.45, 2.75) is 32.1 Å². The zero-order chi connectivity index (χ0) is 22.6. The van der Waals surface area contributed by atoms with Gasteiger partial charge in [0.25, 0.3) is 0 Å². The molecule has 2 aromatic rings. The molecule has 33 heavy (non-hydrogen) atoms. The van der Waals surface area contributed by atoms with Crippen molar-refractivity contribution in [1.29, 1.82) is 0 Å². The lowest BCUT2D eigenvalue weighted by molar-refractivity contribution is -0.136. The molecule has 8 heteroatoms. The van der Waals surface area contributed by atoms with Crippen molar-refractivity contribution in [3.63, 3.8) is 0 Å². The highest BCUT2D eigenvalue weighted by molar-refractivity contribution is 6.00. The fraction of sp³-hybridized carbons (Fsp3) is 0.520. The predicted molar refractivity (Wildman–Crippen MR) is 128 cm³/mol. The summed E-state index contributed by atoms with van der Waals surface area (Å²) in [6, 6.07) is 13.7. The first-order valence-corrected chi connectivity index (χ1v) is 12.2. The van der Waals surface area contributed by atoms with Crippen LogP contribution in [0.25, 0.3) is 0 Å². The number of piperazine rings is 1. The minimum atomic E-state index is -0.267. The molecule has 5 rings (SSSR count). The second kappa shape index (κ2) is 9.77. The van der Waals surface area contributed by atoms with Gasteiger partial charge in [0.05, 0.1) is 5.92 Å². The van der Waals surface area contributed by atoms with E-state index in [0.717, 1.165) is 43.5 Å². The molecule has 2 amide bonds. The van der Waals surface area contributed by atoms with Crippen LogP contribution in [0.1, 0.15) is 32.1 Å². The molecule has 3 fully saturated rings. The Morgan fingerprint density at radius 1 is 0.758 bits per heavy atom. The predicted octanol–water partition coefficient (Wildman–Crippen LogP) is 2.56. The molecule has 1 unspecified atom stereocenters. The van der Waals surface area contributed by atoms with Gasteiger partial charge >= 0.3 is 0 Å². The van der Waals surface area contributed by atoms with Gasteiger partial charge in [0, 0.05) is 57.9 Å². The van der Waals surface area contributed by atoms with E-state index in [0.29, 0.717) is 19.6 Å². The number of anilines is 3. The zero-order valence-electron chi connectivity index (χ0n) is 19.1. The lowest BCUT2D eigenvalue weighted by Gasteiger charge is -2.36. The van der Waals surface area contributed by atoms with Crippen LogP contribution in [0.5, 0.6) is 0 Å². The van der Waals surface area contributed by atoms with Crippen molar-refractivity contribution in [3.05, 3.63) is 42.5 Å². The Kier molecular flexibility index (Phi) is 6.41. The Hall–Kier alpha value is -3.16. The molecule has 3 aliphatic heterocycles. The maximum Gasteiger partial charge on any atom is 0.228 e. The average Bonchev–Trinajstić information content (AvgIpc) is 3.07. The van der Waals surface area contributed by atoms with Gasteiger partial charge < -0.3 is 19.6 Å². The minimum absolute atomic E-state index is 0.0259. The molecule has 3 aliphatic rings. The van der Waals surface area contributed by atoms with Crippen LogP contribution >= 0.6 is 0 Å². The number of benzene rings is 1. The second-order valence-corrected chi connectivity index (χ2v) is 9.20. The number of carbonyl (C=O) groups excluding carboxylic acids is 2. The summed E-state index contributed by atoms with van der Waals surface area (Å²) in [7, 11) is 0. The van der Waals surface area contributed by atoms with E-state index in [1.54, 1.807) is 4.90 Å². The maximum absolute atomic E-state index is 13.1. The monoisotopic (exact) mass is 448 g/mol. The van der Waals surface area contributed by atoms with Crippen molar-refractivity contribution >= 4 is 29.1 Å². The molecular weight excluding hydrogens is 416 g/mol. The highest BCUT2D eigenvalue weighted by atomic mass is 16.2. The molecule has 3 saturated heterocycles. The first-order valence-electron chi connectivity index (χ1n) is 12.2. The molecule has 174 valence electrons. The van der Waals surface area contributed by atoms with E-state index in [1.807, 2.05) is 35.2 Å². The second-order valence-electron chi connectivity index (χ2n) is 9.20. The van der Waals surface area contributed by atoms with Crippen molar-refractivity contribution in [1.82, 2.24) is 15.1 Å². The molecule has 8 nitrogen and oxygen atoms in total. The molecule has 1 aromatic carbocycles. The van der Waals surface area contributed by atoms with Crippen LogP contribution in [0.2, 0.25) is 0 Å². The number of rotatable bonds is 4. The first-order chi connectivity index (χ1) is 16.2. The fourth-order valence-corrected chi connectivity index (χ4v) is 5.10. The first kappa shape index (κ1) is 21.7. The highest BCUT2D eigenvalue weighted by Gasteiger charge is 2.38. The minimum Gasteiger partial charge on any atom is -0.355 e. The summed E-state index contributed by atoms with van der Waals surface area (Å²) < 4.78 is 0. The smallest absolute Gasteiger partial charge is 0.228 e. The van der Waals surface area contributed by atoms with Gasteiger partial charge in [-0.1, -0.05) is 31.0 Å². The number of hydrogen-bond acceptors (Lipinski definition) is 6. The van der Waals surface area contributed by atoms with E-state index in [2.05, 4.69) is 32.1 Å². The molecule has 0 saturated carbocycles. The van der Waals surface area contributed by atoms with Crippen molar-refractivity contribution in [2.75, 3.05) is 60.5 Å². The zero-order valence-corrected chi connectivity index (χ0v) is 19.1. The van der Waals surface area contributed by atoms with E-state index in [1.165, 1.54) is 25.7 Å². The molecule has 0 aliphatic carbocycles. The van der Waals surface area contributed by atoms with E-state index < -0.39 is 0 Å². The average molecular weight is 449 g/mol.